The van der Waals surface area contributed by atoms with E-state index >= 15 is 0 Å². The number of aliphatic hydroxyl groups is 1. The van der Waals surface area contributed by atoms with Gasteiger partial charge in [-0.3, -0.25) is 0 Å². The minimum Gasteiger partial charge on any atom is -0.396 e. The normalized spacial score (nSPS) is 20.7. The molecule has 4 N–H and O–H groups in total. The summed E-state index contributed by atoms with van der Waals surface area (Å²) in [5, 5.41) is 17.2. The first-order valence-corrected chi connectivity index (χ1v) is 7.01. The van der Waals surface area contributed by atoms with Crippen LogP contribution in [0.3, 0.4) is 0 Å². The zero-order chi connectivity index (χ0) is 11.4. The molecule has 0 unspecified atom stereocenters. The summed E-state index contributed by atoms with van der Waals surface area (Å²) in [5.74, 6) is -0.0471. The number of hydrogen-bond acceptors (Lipinski definition) is 4. The molecule has 90 valence electrons. The number of nitrogens with one attached hydrogen (secondary N) is 1. The maximum atomic E-state index is 10.7. The van der Waals surface area contributed by atoms with Gasteiger partial charge in [0.1, 0.15) is 0 Å². The van der Waals surface area contributed by atoms with E-state index in [-0.39, 0.29) is 17.8 Å². The summed E-state index contributed by atoms with van der Waals surface area (Å²) < 4.78 is 21.3. The van der Waals surface area contributed by atoms with Crippen molar-refractivity contribution in [3.05, 3.63) is 0 Å². The predicted molar refractivity (Wildman–Crippen MR) is 58.8 cm³/mol. The van der Waals surface area contributed by atoms with Crippen LogP contribution in [0.25, 0.3) is 0 Å². The van der Waals surface area contributed by atoms with Crippen molar-refractivity contribution in [1.82, 2.24) is 5.32 Å². The second kappa shape index (κ2) is 5.25. The summed E-state index contributed by atoms with van der Waals surface area (Å²) in [6.45, 7) is 1.22. The van der Waals surface area contributed by atoms with Crippen LogP contribution in [0.2, 0.25) is 0 Å². The van der Waals surface area contributed by atoms with E-state index in [4.69, 9.17) is 5.14 Å². The Labute approximate surface area is 91.1 Å². The van der Waals surface area contributed by atoms with Crippen LogP contribution in [0.15, 0.2) is 0 Å². The second-order valence-corrected chi connectivity index (χ2v) is 6.14. The Hall–Kier alpha value is -0.170. The SMILES string of the molecule is NS(=O)(=O)CCNCC1(CO)CCCC1. The molecule has 0 radical (unpaired) electrons. The fourth-order valence-electron chi connectivity index (χ4n) is 2.08. The van der Waals surface area contributed by atoms with Crippen molar-refractivity contribution in [3.8, 4) is 0 Å². The Morgan fingerprint density at radius 3 is 2.40 bits per heavy atom. The van der Waals surface area contributed by atoms with E-state index in [0.29, 0.717) is 13.1 Å². The van der Waals surface area contributed by atoms with Crippen molar-refractivity contribution in [1.29, 1.82) is 0 Å². The molecule has 6 heteroatoms. The standard InChI is InChI=1S/C9H20N2O3S/c10-15(13,14)6-5-11-7-9(8-12)3-1-2-4-9/h11-12H,1-8H2,(H2,10,13,14). The topological polar surface area (TPSA) is 92.4 Å². The van der Waals surface area contributed by atoms with Gasteiger partial charge in [-0.25, -0.2) is 13.6 Å². The Kier molecular flexibility index (Phi) is 4.51. The van der Waals surface area contributed by atoms with E-state index in [1.165, 1.54) is 0 Å². The lowest BCUT2D eigenvalue weighted by Crippen LogP contribution is -2.37. The molecule has 0 heterocycles. The quantitative estimate of drug-likeness (QED) is 0.538. The molecule has 0 aliphatic heterocycles. The van der Waals surface area contributed by atoms with Crippen molar-refractivity contribution in [2.45, 2.75) is 25.7 Å². The summed E-state index contributed by atoms with van der Waals surface area (Å²) >= 11 is 0. The number of primary sulfonamides is 1. The second-order valence-electron chi connectivity index (χ2n) is 4.41. The van der Waals surface area contributed by atoms with Gasteiger partial charge in [-0.2, -0.15) is 0 Å². The fourth-order valence-corrected chi connectivity index (χ4v) is 2.51. The third-order valence-corrected chi connectivity index (χ3v) is 3.84. The molecule has 1 fully saturated rings. The molecule has 1 rings (SSSR count). The summed E-state index contributed by atoms with van der Waals surface area (Å²) in [5.41, 5.74) is -0.0294. The molecule has 0 aromatic rings. The van der Waals surface area contributed by atoms with Gasteiger partial charge in [-0.1, -0.05) is 12.8 Å². The zero-order valence-corrected chi connectivity index (χ0v) is 9.72. The minimum absolute atomic E-state index is 0.0294. The third kappa shape index (κ3) is 4.46. The van der Waals surface area contributed by atoms with Crippen molar-refractivity contribution in [2.24, 2.45) is 10.6 Å². The average molecular weight is 236 g/mol. The molecular formula is C9H20N2O3S. The highest BCUT2D eigenvalue weighted by Crippen LogP contribution is 2.36. The lowest BCUT2D eigenvalue weighted by Gasteiger charge is -2.26. The molecule has 0 aromatic carbocycles. The Morgan fingerprint density at radius 1 is 1.33 bits per heavy atom. The Bertz CT molecular complexity index is 284. The number of aliphatic hydroxyl groups excluding tert-OH is 1. The van der Waals surface area contributed by atoms with E-state index in [0.717, 1.165) is 25.7 Å². The number of rotatable bonds is 6. The first-order chi connectivity index (χ1) is 6.97. The van der Waals surface area contributed by atoms with Crippen LogP contribution >= 0.6 is 0 Å². The van der Waals surface area contributed by atoms with Gasteiger partial charge < -0.3 is 10.4 Å². The average Bonchev–Trinajstić information content (AvgIpc) is 2.60. The summed E-state index contributed by atoms with van der Waals surface area (Å²) in [7, 11) is -3.37. The van der Waals surface area contributed by atoms with Crippen LogP contribution in [-0.4, -0.2) is 39.0 Å². The van der Waals surface area contributed by atoms with E-state index in [9.17, 15) is 13.5 Å². The molecule has 0 bridgehead atoms. The first-order valence-electron chi connectivity index (χ1n) is 5.30. The molecule has 0 aromatic heterocycles. The van der Waals surface area contributed by atoms with E-state index in [2.05, 4.69) is 5.32 Å². The maximum absolute atomic E-state index is 10.7. The van der Waals surface area contributed by atoms with Crippen LogP contribution < -0.4 is 10.5 Å². The number of sulfonamides is 1. The van der Waals surface area contributed by atoms with Gasteiger partial charge in [0.25, 0.3) is 0 Å². The molecule has 5 nitrogen and oxygen atoms in total. The molecule has 1 aliphatic carbocycles. The number of nitrogens with two attached hydrogens (primary N) is 1. The lowest BCUT2D eigenvalue weighted by molar-refractivity contribution is 0.129. The van der Waals surface area contributed by atoms with Gasteiger partial charge in [-0.05, 0) is 12.8 Å². The fraction of sp³-hybridized carbons (Fsp3) is 1.00. The van der Waals surface area contributed by atoms with Crippen molar-refractivity contribution in [3.63, 3.8) is 0 Å². The molecular weight excluding hydrogens is 216 g/mol. The summed E-state index contributed by atoms with van der Waals surface area (Å²) in [4.78, 5) is 0. The summed E-state index contributed by atoms with van der Waals surface area (Å²) in [6.07, 6.45) is 4.34. The van der Waals surface area contributed by atoms with Crippen LogP contribution in [0.5, 0.6) is 0 Å². The van der Waals surface area contributed by atoms with E-state index in [1.54, 1.807) is 0 Å². The van der Waals surface area contributed by atoms with Gasteiger partial charge in [-0.15, -0.1) is 0 Å². The smallest absolute Gasteiger partial charge is 0.210 e. The van der Waals surface area contributed by atoms with Gasteiger partial charge in [0.15, 0.2) is 0 Å². The molecule has 0 spiro atoms. The number of hydrogen-bond donors (Lipinski definition) is 3. The Morgan fingerprint density at radius 2 is 1.93 bits per heavy atom. The molecule has 15 heavy (non-hydrogen) atoms. The highest BCUT2D eigenvalue weighted by Gasteiger charge is 2.32. The molecule has 0 saturated heterocycles. The summed E-state index contributed by atoms with van der Waals surface area (Å²) in [6, 6.07) is 0. The van der Waals surface area contributed by atoms with Crippen molar-refractivity contribution >= 4 is 10.0 Å². The van der Waals surface area contributed by atoms with Gasteiger partial charge in [0.05, 0.1) is 5.75 Å². The maximum Gasteiger partial charge on any atom is 0.210 e. The van der Waals surface area contributed by atoms with Gasteiger partial charge in [0, 0.05) is 25.1 Å². The van der Waals surface area contributed by atoms with Crippen molar-refractivity contribution in [2.75, 3.05) is 25.4 Å². The van der Waals surface area contributed by atoms with Crippen molar-refractivity contribution < 1.29 is 13.5 Å². The van der Waals surface area contributed by atoms with Crippen LogP contribution in [-0.2, 0) is 10.0 Å². The molecule has 0 amide bonds. The van der Waals surface area contributed by atoms with Crippen LogP contribution in [0.1, 0.15) is 25.7 Å². The highest BCUT2D eigenvalue weighted by atomic mass is 32.2. The van der Waals surface area contributed by atoms with Crippen LogP contribution in [0, 0.1) is 5.41 Å². The third-order valence-electron chi connectivity index (χ3n) is 3.06. The minimum atomic E-state index is -3.37. The molecule has 0 atom stereocenters. The van der Waals surface area contributed by atoms with E-state index < -0.39 is 10.0 Å². The highest BCUT2D eigenvalue weighted by molar-refractivity contribution is 7.89. The van der Waals surface area contributed by atoms with Gasteiger partial charge >= 0.3 is 0 Å². The molecule has 1 aliphatic rings. The predicted octanol–water partition coefficient (Wildman–Crippen LogP) is -0.583. The van der Waals surface area contributed by atoms with E-state index in [1.807, 2.05) is 0 Å². The Balaban J connectivity index is 2.24. The molecule has 1 saturated carbocycles. The zero-order valence-electron chi connectivity index (χ0n) is 8.91. The largest absolute Gasteiger partial charge is 0.396 e. The lowest BCUT2D eigenvalue weighted by atomic mass is 9.87. The first kappa shape index (κ1) is 12.9. The van der Waals surface area contributed by atoms with Gasteiger partial charge in [0.2, 0.25) is 10.0 Å². The van der Waals surface area contributed by atoms with Crippen LogP contribution in [0.4, 0.5) is 0 Å². The monoisotopic (exact) mass is 236 g/mol.